The van der Waals surface area contributed by atoms with Gasteiger partial charge in [0.1, 0.15) is 6.17 Å². The number of pyridine rings is 1. The highest BCUT2D eigenvalue weighted by Crippen LogP contribution is 2.34. The van der Waals surface area contributed by atoms with Gasteiger partial charge in [-0.15, -0.1) is 6.58 Å². The first-order chi connectivity index (χ1) is 14.8. The molecule has 2 N–H and O–H groups in total. The van der Waals surface area contributed by atoms with E-state index < -0.39 is 28.1 Å². The van der Waals surface area contributed by atoms with E-state index in [0.29, 0.717) is 36.4 Å². The van der Waals surface area contributed by atoms with Crippen molar-refractivity contribution >= 4 is 27.6 Å². The van der Waals surface area contributed by atoms with Crippen molar-refractivity contribution in [3.05, 3.63) is 72.0 Å². The fraction of sp³-hybridized carbons (Fsp3) is 0.364. The van der Waals surface area contributed by atoms with Crippen molar-refractivity contribution in [1.29, 1.82) is 0 Å². The van der Waals surface area contributed by atoms with E-state index in [1.54, 1.807) is 30.6 Å². The quantitative estimate of drug-likeness (QED) is 0.519. The van der Waals surface area contributed by atoms with Crippen molar-refractivity contribution in [3.8, 4) is 0 Å². The van der Waals surface area contributed by atoms with Crippen LogP contribution in [0.15, 0.2) is 66.3 Å². The Morgan fingerprint density at radius 3 is 2.71 bits per heavy atom. The molecule has 9 heteroatoms. The third-order valence-electron chi connectivity index (χ3n) is 5.53. The summed E-state index contributed by atoms with van der Waals surface area (Å²) in [7, 11) is -3.89. The Morgan fingerprint density at radius 1 is 1.35 bits per heavy atom. The lowest BCUT2D eigenvalue weighted by Gasteiger charge is -2.36. The molecule has 0 amide bonds. The second-order valence-corrected chi connectivity index (χ2v) is 9.67. The SMILES string of the molecule is C=CCCC(C(=O)O)C1CCCN1C(NS(=O)(=O)c1ccc(Cl)cc1)c1cccnc1. The number of carboxylic acids is 1. The molecule has 1 aliphatic rings. The van der Waals surface area contributed by atoms with Gasteiger partial charge in [0.15, 0.2) is 0 Å². The number of hydrogen-bond acceptors (Lipinski definition) is 5. The topological polar surface area (TPSA) is 99.6 Å². The average Bonchev–Trinajstić information content (AvgIpc) is 3.22. The van der Waals surface area contributed by atoms with Crippen LogP contribution in [-0.4, -0.2) is 42.0 Å². The molecule has 3 unspecified atom stereocenters. The Kier molecular flexibility index (Phi) is 7.83. The summed E-state index contributed by atoms with van der Waals surface area (Å²) in [6, 6.07) is 9.13. The molecule has 2 heterocycles. The summed E-state index contributed by atoms with van der Waals surface area (Å²) in [5.41, 5.74) is 0.653. The van der Waals surface area contributed by atoms with E-state index >= 15 is 0 Å². The second-order valence-electron chi connectivity index (χ2n) is 7.52. The third kappa shape index (κ3) is 5.71. The van der Waals surface area contributed by atoms with E-state index in [1.165, 1.54) is 24.3 Å². The molecule has 0 saturated carbocycles. The normalized spacial score (nSPS) is 19.1. The largest absolute Gasteiger partial charge is 0.481 e. The van der Waals surface area contributed by atoms with Gasteiger partial charge in [0.25, 0.3) is 0 Å². The van der Waals surface area contributed by atoms with Gasteiger partial charge in [-0.1, -0.05) is 23.7 Å². The van der Waals surface area contributed by atoms with Crippen LogP contribution in [0.3, 0.4) is 0 Å². The molecule has 7 nitrogen and oxygen atoms in total. The number of nitrogens with one attached hydrogen (secondary N) is 1. The standard InChI is InChI=1S/C22H26ClN3O4S/c1-2-3-7-19(22(27)28)20-8-5-14-26(20)21(16-6-4-13-24-15-16)25-31(29,30)18-11-9-17(23)10-12-18/h2,4,6,9-13,15,19-21,25H,1,3,5,7-8,14H2,(H,27,28). The van der Waals surface area contributed by atoms with Crippen LogP contribution in [0, 0.1) is 5.92 Å². The van der Waals surface area contributed by atoms with Crippen LogP contribution in [0.25, 0.3) is 0 Å². The van der Waals surface area contributed by atoms with Gasteiger partial charge >= 0.3 is 5.97 Å². The summed E-state index contributed by atoms with van der Waals surface area (Å²) < 4.78 is 29.0. The van der Waals surface area contributed by atoms with Crippen molar-refractivity contribution in [2.24, 2.45) is 5.92 Å². The molecular weight excluding hydrogens is 438 g/mol. The summed E-state index contributed by atoms with van der Waals surface area (Å²) in [6.45, 7) is 4.27. The minimum absolute atomic E-state index is 0.0861. The molecule has 0 spiro atoms. The minimum atomic E-state index is -3.89. The van der Waals surface area contributed by atoms with Gasteiger partial charge in [-0.3, -0.25) is 14.7 Å². The first-order valence-corrected chi connectivity index (χ1v) is 12.0. The van der Waals surface area contributed by atoms with Crippen LogP contribution in [0.2, 0.25) is 5.02 Å². The molecular formula is C22H26ClN3O4S. The Morgan fingerprint density at radius 2 is 2.10 bits per heavy atom. The molecule has 31 heavy (non-hydrogen) atoms. The number of sulfonamides is 1. The van der Waals surface area contributed by atoms with E-state index in [4.69, 9.17) is 11.6 Å². The Labute approximate surface area is 187 Å². The zero-order valence-corrected chi connectivity index (χ0v) is 18.6. The molecule has 0 bridgehead atoms. The van der Waals surface area contributed by atoms with Crippen LogP contribution in [0.5, 0.6) is 0 Å². The molecule has 3 atom stereocenters. The number of carbonyl (C=O) groups is 1. The van der Waals surface area contributed by atoms with Gasteiger partial charge in [-0.05, 0) is 56.0 Å². The third-order valence-corrected chi connectivity index (χ3v) is 7.21. The number of benzene rings is 1. The summed E-state index contributed by atoms with van der Waals surface area (Å²) in [5.74, 6) is -1.51. The fourth-order valence-corrected chi connectivity index (χ4v) is 5.36. The van der Waals surface area contributed by atoms with Crippen molar-refractivity contribution in [1.82, 2.24) is 14.6 Å². The van der Waals surface area contributed by atoms with E-state index in [1.807, 2.05) is 4.90 Å². The van der Waals surface area contributed by atoms with Gasteiger partial charge in [-0.2, -0.15) is 4.72 Å². The van der Waals surface area contributed by atoms with Gasteiger partial charge in [0.05, 0.1) is 10.8 Å². The van der Waals surface area contributed by atoms with E-state index in [-0.39, 0.29) is 10.9 Å². The van der Waals surface area contributed by atoms with Crippen molar-refractivity contribution in [2.45, 2.75) is 42.8 Å². The summed E-state index contributed by atoms with van der Waals surface area (Å²) in [5, 5.41) is 10.3. The Balaban J connectivity index is 1.96. The first kappa shape index (κ1) is 23.4. The van der Waals surface area contributed by atoms with Crippen LogP contribution >= 0.6 is 11.6 Å². The van der Waals surface area contributed by atoms with Crippen molar-refractivity contribution in [3.63, 3.8) is 0 Å². The fourth-order valence-electron chi connectivity index (χ4n) is 4.04. The first-order valence-electron chi connectivity index (χ1n) is 10.1. The molecule has 166 valence electrons. The number of hydrogen-bond donors (Lipinski definition) is 2. The number of halogens is 1. The number of likely N-dealkylation sites (tertiary alicyclic amines) is 1. The van der Waals surface area contributed by atoms with Crippen LogP contribution in [-0.2, 0) is 14.8 Å². The maximum Gasteiger partial charge on any atom is 0.308 e. The van der Waals surface area contributed by atoms with Gasteiger partial charge in [-0.25, -0.2) is 8.42 Å². The predicted molar refractivity (Wildman–Crippen MR) is 119 cm³/mol. The van der Waals surface area contributed by atoms with Gasteiger partial charge in [0, 0.05) is 35.6 Å². The second kappa shape index (κ2) is 10.4. The average molecular weight is 464 g/mol. The molecule has 1 aromatic heterocycles. The molecule has 0 radical (unpaired) electrons. The molecule has 1 fully saturated rings. The van der Waals surface area contributed by atoms with E-state index in [0.717, 1.165) is 6.42 Å². The Hall–Kier alpha value is -2.26. The number of carboxylic acid groups (broad SMARTS) is 1. The molecule has 3 rings (SSSR count). The van der Waals surface area contributed by atoms with Crippen LogP contribution in [0.1, 0.15) is 37.4 Å². The highest BCUT2D eigenvalue weighted by molar-refractivity contribution is 7.89. The highest BCUT2D eigenvalue weighted by atomic mass is 35.5. The zero-order chi connectivity index (χ0) is 22.4. The van der Waals surface area contributed by atoms with Gasteiger partial charge < -0.3 is 5.11 Å². The summed E-state index contributed by atoms with van der Waals surface area (Å²) in [4.78, 5) is 18.2. The summed E-state index contributed by atoms with van der Waals surface area (Å²) >= 11 is 5.90. The maximum atomic E-state index is 13.1. The molecule has 1 aromatic carbocycles. The minimum Gasteiger partial charge on any atom is -0.481 e. The Bertz CT molecular complexity index is 999. The lowest BCUT2D eigenvalue weighted by molar-refractivity contribution is -0.144. The van der Waals surface area contributed by atoms with Crippen LogP contribution < -0.4 is 4.72 Å². The number of rotatable bonds is 10. The monoisotopic (exact) mass is 463 g/mol. The number of aliphatic carboxylic acids is 1. The lowest BCUT2D eigenvalue weighted by atomic mass is 9.92. The smallest absolute Gasteiger partial charge is 0.308 e. The lowest BCUT2D eigenvalue weighted by Crippen LogP contribution is -2.47. The van der Waals surface area contributed by atoms with Crippen molar-refractivity contribution < 1.29 is 18.3 Å². The zero-order valence-electron chi connectivity index (χ0n) is 17.0. The maximum absolute atomic E-state index is 13.1. The molecule has 1 aliphatic heterocycles. The molecule has 0 aliphatic carbocycles. The molecule has 2 aromatic rings. The van der Waals surface area contributed by atoms with E-state index in [2.05, 4.69) is 16.3 Å². The summed E-state index contributed by atoms with van der Waals surface area (Å²) in [6.07, 6.45) is 6.66. The predicted octanol–water partition coefficient (Wildman–Crippen LogP) is 3.84. The van der Waals surface area contributed by atoms with Crippen LogP contribution in [0.4, 0.5) is 0 Å². The number of allylic oxidation sites excluding steroid dienone is 1. The molecule has 1 saturated heterocycles. The van der Waals surface area contributed by atoms with Gasteiger partial charge in [0.2, 0.25) is 10.0 Å². The van der Waals surface area contributed by atoms with E-state index in [9.17, 15) is 18.3 Å². The number of nitrogens with zero attached hydrogens (tertiary/aromatic N) is 2. The highest BCUT2D eigenvalue weighted by Gasteiger charge is 2.40. The van der Waals surface area contributed by atoms with Crippen molar-refractivity contribution in [2.75, 3.05) is 6.54 Å². The number of aromatic nitrogens is 1.